The van der Waals surface area contributed by atoms with E-state index in [0.717, 1.165) is 44.7 Å². The van der Waals surface area contributed by atoms with Crippen molar-refractivity contribution in [3.63, 3.8) is 0 Å². The van der Waals surface area contributed by atoms with Crippen LogP contribution in [0.4, 0.5) is 10.2 Å². The van der Waals surface area contributed by atoms with Crippen molar-refractivity contribution in [2.75, 3.05) is 39.1 Å². The zero-order valence-electron chi connectivity index (χ0n) is 22.7. The van der Waals surface area contributed by atoms with Crippen LogP contribution in [0.15, 0.2) is 48.2 Å². The highest BCUT2D eigenvalue weighted by Gasteiger charge is 2.23. The number of piperidine rings is 1. The van der Waals surface area contributed by atoms with Gasteiger partial charge in [-0.1, -0.05) is 37.5 Å². The van der Waals surface area contributed by atoms with Crippen molar-refractivity contribution in [2.24, 2.45) is 11.7 Å². The van der Waals surface area contributed by atoms with Crippen LogP contribution in [-0.4, -0.2) is 54.6 Å². The third-order valence-corrected chi connectivity index (χ3v) is 7.93. The molecule has 2 fully saturated rings. The normalized spacial score (nSPS) is 20.3. The van der Waals surface area contributed by atoms with Crippen LogP contribution in [0.1, 0.15) is 63.0 Å². The largest absolute Gasteiger partial charge is 0.381 e. The number of nitrogens with one attached hydrogen (secondary N) is 1. The van der Waals surface area contributed by atoms with E-state index in [-0.39, 0.29) is 11.6 Å². The molecular formula is C30H41FN6O. The second kappa shape index (κ2) is 13.6. The molecule has 1 saturated carbocycles. The fourth-order valence-corrected chi connectivity index (χ4v) is 5.69. The third kappa shape index (κ3) is 6.64. The number of nitriles is 1. The van der Waals surface area contributed by atoms with Crippen LogP contribution in [0.3, 0.4) is 0 Å². The molecule has 0 radical (unpaired) electrons. The predicted molar refractivity (Wildman–Crippen MR) is 150 cm³/mol. The standard InChI is InChI=1S/C29H36FN5O.CH5N/c1-36-26-13-15-34(16-14-26)24-9-11-25(12-10-24)35-29(32-20-21-5-3-2-4-6-21)18-28(33-35)22-7-8-23(19-31)27(30)17-22;1-2/h7-11,17-18,21,25-26,32H,2-6,12-16,20H2,1H3;2H2,1H3. The van der Waals surface area contributed by atoms with Crippen LogP contribution >= 0.6 is 0 Å². The molecule has 0 spiro atoms. The van der Waals surface area contributed by atoms with Gasteiger partial charge in [0, 0.05) is 44.1 Å². The van der Waals surface area contributed by atoms with Crippen molar-refractivity contribution < 1.29 is 9.13 Å². The van der Waals surface area contributed by atoms with Gasteiger partial charge in [-0.05, 0) is 63.3 Å². The number of allylic oxidation sites excluding steroid dienone is 3. The predicted octanol–water partition coefficient (Wildman–Crippen LogP) is 5.62. The number of hydrogen-bond acceptors (Lipinski definition) is 6. The lowest BCUT2D eigenvalue weighted by atomic mass is 9.89. The van der Waals surface area contributed by atoms with Gasteiger partial charge in [0.1, 0.15) is 17.7 Å². The topological polar surface area (TPSA) is 92.1 Å². The maximum absolute atomic E-state index is 14.4. The average Bonchev–Trinajstić information content (AvgIpc) is 3.42. The molecule has 1 saturated heterocycles. The number of methoxy groups -OCH3 is 1. The summed E-state index contributed by atoms with van der Waals surface area (Å²) < 4.78 is 21.9. The Bertz CT molecular complexity index is 1150. The summed E-state index contributed by atoms with van der Waals surface area (Å²) in [4.78, 5) is 2.44. The average molecular weight is 521 g/mol. The summed E-state index contributed by atoms with van der Waals surface area (Å²) in [5.41, 5.74) is 7.23. The summed E-state index contributed by atoms with van der Waals surface area (Å²) in [6, 6.07) is 8.73. The number of halogens is 1. The number of aromatic nitrogens is 2. The summed E-state index contributed by atoms with van der Waals surface area (Å²) in [6.07, 6.45) is 16.6. The Balaban J connectivity index is 0.00000164. The second-order valence-electron chi connectivity index (χ2n) is 10.3. The van der Waals surface area contributed by atoms with Gasteiger partial charge in [-0.15, -0.1) is 0 Å². The highest BCUT2D eigenvalue weighted by molar-refractivity contribution is 5.64. The van der Waals surface area contributed by atoms with Gasteiger partial charge in [-0.25, -0.2) is 9.07 Å². The van der Waals surface area contributed by atoms with Crippen LogP contribution in [0.5, 0.6) is 0 Å². The fraction of sp³-hybridized carbons (Fsp3) is 0.533. The lowest BCUT2D eigenvalue weighted by Crippen LogP contribution is -2.36. The summed E-state index contributed by atoms with van der Waals surface area (Å²) >= 11 is 0. The molecule has 7 nitrogen and oxygen atoms in total. The van der Waals surface area contributed by atoms with Crippen molar-refractivity contribution in [3.05, 3.63) is 59.6 Å². The molecule has 2 heterocycles. The molecule has 1 aliphatic heterocycles. The molecule has 0 bridgehead atoms. The molecule has 2 aliphatic carbocycles. The van der Waals surface area contributed by atoms with E-state index in [1.807, 2.05) is 12.1 Å². The zero-order chi connectivity index (χ0) is 26.9. The molecule has 1 unspecified atom stereocenters. The van der Waals surface area contributed by atoms with Gasteiger partial charge in [0.15, 0.2) is 0 Å². The van der Waals surface area contributed by atoms with Crippen LogP contribution in [-0.2, 0) is 4.74 Å². The number of hydrogen-bond donors (Lipinski definition) is 2. The monoisotopic (exact) mass is 520 g/mol. The molecule has 0 amide bonds. The van der Waals surface area contributed by atoms with Gasteiger partial charge in [-0.2, -0.15) is 10.4 Å². The maximum Gasteiger partial charge on any atom is 0.141 e. The minimum Gasteiger partial charge on any atom is -0.381 e. The Hall–Kier alpha value is -3.15. The first-order valence-corrected chi connectivity index (χ1v) is 13.9. The minimum atomic E-state index is -0.511. The van der Waals surface area contributed by atoms with Crippen molar-refractivity contribution in [1.29, 1.82) is 5.26 Å². The van der Waals surface area contributed by atoms with Gasteiger partial charge < -0.3 is 20.7 Å². The molecule has 3 aliphatic rings. The highest BCUT2D eigenvalue weighted by atomic mass is 19.1. The SMILES string of the molecule is CN.COC1CCN(C2=CCC(n3nc(-c4ccc(C#N)c(F)c4)cc3NCC3CCCCC3)C=C2)CC1. The van der Waals surface area contributed by atoms with Crippen molar-refractivity contribution >= 4 is 5.82 Å². The Morgan fingerprint density at radius 1 is 1.13 bits per heavy atom. The molecule has 1 aromatic heterocycles. The number of nitrogens with zero attached hydrogens (tertiary/aromatic N) is 4. The first-order valence-electron chi connectivity index (χ1n) is 13.9. The van der Waals surface area contributed by atoms with E-state index >= 15 is 0 Å². The Kier molecular flexibility index (Phi) is 9.97. The van der Waals surface area contributed by atoms with E-state index in [9.17, 15) is 4.39 Å². The first-order chi connectivity index (χ1) is 18.6. The third-order valence-electron chi connectivity index (χ3n) is 7.93. The minimum absolute atomic E-state index is 0.0521. The zero-order valence-corrected chi connectivity index (χ0v) is 22.7. The first kappa shape index (κ1) is 27.9. The molecule has 5 rings (SSSR count). The van der Waals surface area contributed by atoms with Gasteiger partial charge in [0.05, 0.1) is 23.4 Å². The number of likely N-dealkylation sites (tertiary alicyclic amines) is 1. The Morgan fingerprint density at radius 2 is 1.89 bits per heavy atom. The summed E-state index contributed by atoms with van der Waals surface area (Å²) in [5, 5.41) is 17.7. The van der Waals surface area contributed by atoms with Gasteiger partial charge in [0.25, 0.3) is 0 Å². The number of rotatable bonds is 7. The maximum atomic E-state index is 14.4. The van der Waals surface area contributed by atoms with Gasteiger partial charge in [0.2, 0.25) is 0 Å². The van der Waals surface area contributed by atoms with E-state index in [4.69, 9.17) is 15.1 Å². The smallest absolute Gasteiger partial charge is 0.141 e. The van der Waals surface area contributed by atoms with E-state index in [2.05, 4.69) is 38.9 Å². The van der Waals surface area contributed by atoms with Crippen LogP contribution in [0, 0.1) is 23.1 Å². The van der Waals surface area contributed by atoms with Gasteiger partial charge in [-0.3, -0.25) is 0 Å². The van der Waals surface area contributed by atoms with Crippen LogP contribution < -0.4 is 11.1 Å². The van der Waals surface area contributed by atoms with Crippen LogP contribution in [0.2, 0.25) is 0 Å². The van der Waals surface area contributed by atoms with E-state index < -0.39 is 5.82 Å². The summed E-state index contributed by atoms with van der Waals surface area (Å²) in [6.45, 7) is 2.96. The number of anilines is 1. The van der Waals surface area contributed by atoms with E-state index in [1.54, 1.807) is 13.2 Å². The summed E-state index contributed by atoms with van der Waals surface area (Å²) in [7, 11) is 3.30. The fourth-order valence-electron chi connectivity index (χ4n) is 5.69. The lowest BCUT2D eigenvalue weighted by Gasteiger charge is -2.35. The quantitative estimate of drug-likeness (QED) is 0.492. The van der Waals surface area contributed by atoms with E-state index in [1.165, 1.54) is 57.0 Å². The van der Waals surface area contributed by atoms with E-state index in [0.29, 0.717) is 23.3 Å². The summed E-state index contributed by atoms with van der Waals surface area (Å²) in [5.74, 6) is 1.14. The molecule has 8 heteroatoms. The molecule has 38 heavy (non-hydrogen) atoms. The second-order valence-corrected chi connectivity index (χ2v) is 10.3. The number of nitrogens with two attached hydrogens (primary N) is 1. The molecule has 204 valence electrons. The van der Waals surface area contributed by atoms with Crippen LogP contribution in [0.25, 0.3) is 11.3 Å². The van der Waals surface area contributed by atoms with Crippen molar-refractivity contribution in [3.8, 4) is 17.3 Å². The molecular weight excluding hydrogens is 479 g/mol. The Labute approximate surface area is 226 Å². The molecule has 1 atom stereocenters. The van der Waals surface area contributed by atoms with Crippen molar-refractivity contribution in [1.82, 2.24) is 14.7 Å². The molecule has 3 N–H and O–H groups in total. The Morgan fingerprint density at radius 3 is 2.53 bits per heavy atom. The molecule has 1 aromatic carbocycles. The molecule has 2 aromatic rings. The number of ether oxygens (including phenoxy) is 1. The van der Waals surface area contributed by atoms with Gasteiger partial charge >= 0.3 is 0 Å². The highest BCUT2D eigenvalue weighted by Crippen LogP contribution is 2.32. The number of benzene rings is 1. The lowest BCUT2D eigenvalue weighted by molar-refractivity contribution is 0.0510. The van der Waals surface area contributed by atoms with Crippen molar-refractivity contribution in [2.45, 2.75) is 63.5 Å².